The highest BCUT2D eigenvalue weighted by atomic mass is 16.5. The van der Waals surface area contributed by atoms with Gasteiger partial charge in [-0.05, 0) is 73.2 Å². The molecule has 6 heteroatoms. The van der Waals surface area contributed by atoms with Crippen molar-refractivity contribution in [1.82, 2.24) is 5.32 Å². The first-order chi connectivity index (χ1) is 17.0. The molecule has 0 bridgehead atoms. The second-order valence-electron chi connectivity index (χ2n) is 9.22. The molecule has 1 aliphatic rings. The number of ether oxygens (including phenoxy) is 1. The molecule has 3 aromatic carbocycles. The molecule has 6 nitrogen and oxygen atoms in total. The molecule has 0 aromatic heterocycles. The van der Waals surface area contributed by atoms with Gasteiger partial charge in [0.25, 0.3) is 11.8 Å². The van der Waals surface area contributed by atoms with E-state index in [4.69, 9.17) is 4.74 Å². The number of anilines is 2. The van der Waals surface area contributed by atoms with Gasteiger partial charge >= 0.3 is 0 Å². The molecule has 2 N–H and O–H groups in total. The van der Waals surface area contributed by atoms with Crippen LogP contribution in [0.15, 0.2) is 60.7 Å². The normalized spacial score (nSPS) is 14.2. The molecule has 0 aliphatic carbocycles. The second-order valence-corrected chi connectivity index (χ2v) is 9.22. The van der Waals surface area contributed by atoms with E-state index in [1.807, 2.05) is 61.5 Å². The van der Waals surface area contributed by atoms with Crippen molar-refractivity contribution in [3.8, 4) is 0 Å². The molecule has 0 radical (unpaired) electrons. The van der Waals surface area contributed by atoms with E-state index in [1.54, 1.807) is 6.07 Å². The van der Waals surface area contributed by atoms with Crippen LogP contribution in [0.5, 0.6) is 0 Å². The molecule has 1 fully saturated rings. The van der Waals surface area contributed by atoms with Crippen molar-refractivity contribution >= 4 is 34.0 Å². The predicted molar refractivity (Wildman–Crippen MR) is 142 cm³/mol. The molecule has 4 rings (SSSR count). The van der Waals surface area contributed by atoms with Gasteiger partial charge in [0.2, 0.25) is 0 Å². The molecule has 184 valence electrons. The second kappa shape index (κ2) is 11.8. The maximum Gasteiger partial charge on any atom is 0.255 e. The van der Waals surface area contributed by atoms with Crippen LogP contribution in [0.1, 0.15) is 53.8 Å². The number of amides is 2. The monoisotopic (exact) mass is 473 g/mol. The minimum atomic E-state index is -0.196. The first-order valence-corrected chi connectivity index (χ1v) is 12.6. The van der Waals surface area contributed by atoms with E-state index in [0.29, 0.717) is 42.5 Å². The summed E-state index contributed by atoms with van der Waals surface area (Å²) in [6.45, 7) is 7.92. The van der Waals surface area contributed by atoms with Crippen molar-refractivity contribution in [2.75, 3.05) is 43.1 Å². The van der Waals surface area contributed by atoms with Crippen LogP contribution in [0, 0.1) is 5.92 Å². The fourth-order valence-corrected chi connectivity index (χ4v) is 4.47. The van der Waals surface area contributed by atoms with Gasteiger partial charge in [-0.1, -0.05) is 37.3 Å². The van der Waals surface area contributed by atoms with Crippen LogP contribution >= 0.6 is 0 Å². The Morgan fingerprint density at radius 3 is 2.51 bits per heavy atom. The van der Waals surface area contributed by atoms with Gasteiger partial charge in [-0.15, -0.1) is 0 Å². The number of piperidine rings is 1. The Labute approximate surface area is 207 Å². The van der Waals surface area contributed by atoms with E-state index in [1.165, 1.54) is 0 Å². The third kappa shape index (κ3) is 6.40. The number of fused-ring (bicyclic) bond motifs is 1. The molecule has 35 heavy (non-hydrogen) atoms. The summed E-state index contributed by atoms with van der Waals surface area (Å²) in [5.41, 5.74) is 2.70. The van der Waals surface area contributed by atoms with Crippen molar-refractivity contribution in [3.63, 3.8) is 0 Å². The lowest BCUT2D eigenvalue weighted by Gasteiger charge is -2.33. The molecule has 3 aromatic rings. The van der Waals surface area contributed by atoms with Crippen molar-refractivity contribution < 1.29 is 14.3 Å². The quantitative estimate of drug-likeness (QED) is 0.404. The molecule has 1 heterocycles. The smallest absolute Gasteiger partial charge is 0.255 e. The molecule has 2 amide bonds. The Hall–Kier alpha value is -3.38. The largest absolute Gasteiger partial charge is 0.382 e. The number of rotatable bonds is 9. The van der Waals surface area contributed by atoms with Crippen LogP contribution < -0.4 is 15.5 Å². The van der Waals surface area contributed by atoms with Crippen LogP contribution in [-0.4, -0.2) is 44.7 Å². The Kier molecular flexibility index (Phi) is 8.37. The SMILES string of the molecule is CCOCCCNC(=O)c1cc(NC(=O)c2ccc3ccccc3c2)ccc1N1CCC(C)CC1. The average molecular weight is 474 g/mol. The Bertz CT molecular complexity index is 1170. The zero-order chi connectivity index (χ0) is 24.6. The van der Waals surface area contributed by atoms with E-state index < -0.39 is 0 Å². The van der Waals surface area contributed by atoms with Crippen molar-refractivity contribution in [2.24, 2.45) is 5.92 Å². The van der Waals surface area contributed by atoms with Gasteiger partial charge in [0.1, 0.15) is 0 Å². The van der Waals surface area contributed by atoms with Gasteiger partial charge in [0.05, 0.1) is 5.56 Å². The number of nitrogens with one attached hydrogen (secondary N) is 2. The summed E-state index contributed by atoms with van der Waals surface area (Å²) in [4.78, 5) is 28.4. The number of carbonyl (C=O) groups excluding carboxylic acids is 2. The van der Waals surface area contributed by atoms with E-state index in [2.05, 4.69) is 22.5 Å². The number of benzene rings is 3. The lowest BCUT2D eigenvalue weighted by Crippen LogP contribution is -2.35. The third-order valence-corrected chi connectivity index (χ3v) is 6.59. The van der Waals surface area contributed by atoms with Gasteiger partial charge in [-0.25, -0.2) is 0 Å². The van der Waals surface area contributed by atoms with Gasteiger partial charge in [-0.2, -0.15) is 0 Å². The molecule has 0 spiro atoms. The standard InChI is InChI=1S/C29H35N3O3/c1-3-35-18-6-15-30-29(34)26-20-25(11-12-27(26)32-16-13-21(2)14-17-32)31-28(33)24-10-9-22-7-4-5-8-23(22)19-24/h4-5,7-12,19-21H,3,6,13-18H2,1-2H3,(H,30,34)(H,31,33). The van der Waals surface area contributed by atoms with E-state index in [-0.39, 0.29) is 11.8 Å². The lowest BCUT2D eigenvalue weighted by molar-refractivity contribution is 0.0943. The summed E-state index contributed by atoms with van der Waals surface area (Å²) in [6, 6.07) is 19.3. The first-order valence-electron chi connectivity index (χ1n) is 12.6. The fraction of sp³-hybridized carbons (Fsp3) is 0.379. The molecule has 0 atom stereocenters. The van der Waals surface area contributed by atoms with Crippen LogP contribution in [0.25, 0.3) is 10.8 Å². The molecular weight excluding hydrogens is 438 g/mol. The highest BCUT2D eigenvalue weighted by Crippen LogP contribution is 2.29. The summed E-state index contributed by atoms with van der Waals surface area (Å²) in [5, 5.41) is 8.11. The Morgan fingerprint density at radius 2 is 1.74 bits per heavy atom. The number of carbonyl (C=O) groups is 2. The summed E-state index contributed by atoms with van der Waals surface area (Å²) in [5.74, 6) is 0.373. The van der Waals surface area contributed by atoms with Crippen LogP contribution in [-0.2, 0) is 4.74 Å². The minimum Gasteiger partial charge on any atom is -0.382 e. The highest BCUT2D eigenvalue weighted by molar-refractivity contribution is 6.08. The van der Waals surface area contributed by atoms with Crippen LogP contribution in [0.4, 0.5) is 11.4 Å². The summed E-state index contributed by atoms with van der Waals surface area (Å²) >= 11 is 0. The molecule has 1 saturated heterocycles. The maximum absolute atomic E-state index is 13.2. The first kappa shape index (κ1) is 24.7. The van der Waals surface area contributed by atoms with Crippen molar-refractivity contribution in [2.45, 2.75) is 33.1 Å². The Morgan fingerprint density at radius 1 is 0.971 bits per heavy atom. The molecular formula is C29H35N3O3. The van der Waals surface area contributed by atoms with Crippen molar-refractivity contribution in [3.05, 3.63) is 71.8 Å². The number of hydrogen-bond acceptors (Lipinski definition) is 4. The van der Waals surface area contributed by atoms with Crippen molar-refractivity contribution in [1.29, 1.82) is 0 Å². The van der Waals surface area contributed by atoms with Gasteiger partial charge < -0.3 is 20.3 Å². The van der Waals surface area contributed by atoms with E-state index >= 15 is 0 Å². The number of nitrogens with zero attached hydrogens (tertiary/aromatic N) is 1. The molecule has 0 unspecified atom stereocenters. The third-order valence-electron chi connectivity index (χ3n) is 6.59. The Balaban J connectivity index is 1.53. The molecule has 1 aliphatic heterocycles. The van der Waals surface area contributed by atoms with Crippen LogP contribution in [0.3, 0.4) is 0 Å². The summed E-state index contributed by atoms with van der Waals surface area (Å²) in [7, 11) is 0. The van der Waals surface area contributed by atoms with E-state index in [9.17, 15) is 9.59 Å². The minimum absolute atomic E-state index is 0.128. The fourth-order valence-electron chi connectivity index (χ4n) is 4.47. The van der Waals surface area contributed by atoms with Gasteiger partial charge in [-0.3, -0.25) is 9.59 Å². The van der Waals surface area contributed by atoms with E-state index in [0.717, 1.165) is 48.8 Å². The average Bonchev–Trinajstić information content (AvgIpc) is 2.88. The zero-order valence-corrected chi connectivity index (χ0v) is 20.7. The maximum atomic E-state index is 13.2. The van der Waals surface area contributed by atoms with Gasteiger partial charge in [0, 0.05) is 49.8 Å². The summed E-state index contributed by atoms with van der Waals surface area (Å²) in [6.07, 6.45) is 2.97. The zero-order valence-electron chi connectivity index (χ0n) is 20.7. The molecule has 0 saturated carbocycles. The summed E-state index contributed by atoms with van der Waals surface area (Å²) < 4.78 is 5.37. The van der Waals surface area contributed by atoms with Crippen LogP contribution in [0.2, 0.25) is 0 Å². The lowest BCUT2D eigenvalue weighted by atomic mass is 9.97. The highest BCUT2D eigenvalue weighted by Gasteiger charge is 2.22. The van der Waals surface area contributed by atoms with Gasteiger partial charge in [0.15, 0.2) is 0 Å². The number of hydrogen-bond donors (Lipinski definition) is 2. The topological polar surface area (TPSA) is 70.7 Å². The predicted octanol–water partition coefficient (Wildman–Crippen LogP) is 5.48.